The van der Waals surface area contributed by atoms with Crippen LogP contribution in [0.2, 0.25) is 0 Å². The maximum atomic E-state index is 10.2. The van der Waals surface area contributed by atoms with Crippen LogP contribution >= 0.6 is 0 Å². The SMILES string of the molecule is CCCC(O)C(CC)N(CCOC)CCOC. The van der Waals surface area contributed by atoms with E-state index in [0.717, 1.165) is 32.4 Å². The number of hydrogen-bond acceptors (Lipinski definition) is 4. The van der Waals surface area contributed by atoms with E-state index < -0.39 is 0 Å². The van der Waals surface area contributed by atoms with Crippen LogP contribution in [0.1, 0.15) is 33.1 Å². The Morgan fingerprint density at radius 2 is 1.59 bits per heavy atom. The molecule has 0 aliphatic heterocycles. The van der Waals surface area contributed by atoms with Crippen LogP contribution in [0, 0.1) is 0 Å². The van der Waals surface area contributed by atoms with Gasteiger partial charge in [0.05, 0.1) is 19.3 Å². The monoisotopic (exact) mass is 247 g/mol. The fraction of sp³-hybridized carbons (Fsp3) is 1.00. The van der Waals surface area contributed by atoms with Gasteiger partial charge in [-0.1, -0.05) is 20.3 Å². The van der Waals surface area contributed by atoms with Crippen molar-refractivity contribution in [2.75, 3.05) is 40.5 Å². The molecular weight excluding hydrogens is 218 g/mol. The van der Waals surface area contributed by atoms with Crippen molar-refractivity contribution in [2.45, 2.75) is 45.3 Å². The molecular formula is C13H29NO3. The summed E-state index contributed by atoms with van der Waals surface area (Å²) in [5, 5.41) is 10.2. The second-order valence-corrected chi connectivity index (χ2v) is 4.35. The molecule has 104 valence electrons. The largest absolute Gasteiger partial charge is 0.391 e. The highest BCUT2D eigenvalue weighted by atomic mass is 16.5. The van der Waals surface area contributed by atoms with Gasteiger partial charge >= 0.3 is 0 Å². The van der Waals surface area contributed by atoms with Crippen molar-refractivity contribution in [2.24, 2.45) is 0 Å². The van der Waals surface area contributed by atoms with E-state index in [-0.39, 0.29) is 12.1 Å². The van der Waals surface area contributed by atoms with E-state index in [2.05, 4.69) is 18.7 Å². The maximum absolute atomic E-state index is 10.2. The molecule has 1 N–H and O–H groups in total. The molecule has 0 aromatic carbocycles. The lowest BCUT2D eigenvalue weighted by Crippen LogP contribution is -2.46. The molecule has 4 nitrogen and oxygen atoms in total. The number of methoxy groups -OCH3 is 2. The number of nitrogens with zero attached hydrogens (tertiary/aromatic N) is 1. The lowest BCUT2D eigenvalue weighted by molar-refractivity contribution is 0.0148. The number of aliphatic hydroxyl groups excluding tert-OH is 1. The van der Waals surface area contributed by atoms with E-state index in [9.17, 15) is 5.11 Å². The highest BCUT2D eigenvalue weighted by molar-refractivity contribution is 4.78. The van der Waals surface area contributed by atoms with Gasteiger partial charge in [0.2, 0.25) is 0 Å². The molecule has 0 heterocycles. The van der Waals surface area contributed by atoms with Gasteiger partial charge in [0.15, 0.2) is 0 Å². The first-order chi connectivity index (χ1) is 8.21. The van der Waals surface area contributed by atoms with Gasteiger partial charge in [-0.25, -0.2) is 0 Å². The zero-order valence-corrected chi connectivity index (χ0v) is 11.8. The lowest BCUT2D eigenvalue weighted by atomic mass is 10.0. The molecule has 2 atom stereocenters. The second-order valence-electron chi connectivity index (χ2n) is 4.35. The number of hydrogen-bond donors (Lipinski definition) is 1. The summed E-state index contributed by atoms with van der Waals surface area (Å²) in [6.07, 6.45) is 2.57. The number of ether oxygens (including phenoxy) is 2. The maximum Gasteiger partial charge on any atom is 0.0695 e. The Morgan fingerprint density at radius 3 is 1.94 bits per heavy atom. The molecule has 17 heavy (non-hydrogen) atoms. The Morgan fingerprint density at radius 1 is 1.06 bits per heavy atom. The second kappa shape index (κ2) is 11.0. The molecule has 0 radical (unpaired) electrons. The molecule has 0 amide bonds. The molecule has 0 aliphatic rings. The molecule has 2 unspecified atom stereocenters. The van der Waals surface area contributed by atoms with Crippen LogP contribution in [-0.4, -0.2) is 62.7 Å². The zero-order chi connectivity index (χ0) is 13.1. The van der Waals surface area contributed by atoms with Crippen LogP contribution in [0.3, 0.4) is 0 Å². The highest BCUT2D eigenvalue weighted by Crippen LogP contribution is 2.13. The summed E-state index contributed by atoms with van der Waals surface area (Å²) in [7, 11) is 3.41. The van der Waals surface area contributed by atoms with E-state index in [0.29, 0.717) is 13.2 Å². The Balaban J connectivity index is 4.35. The molecule has 0 saturated carbocycles. The molecule has 0 saturated heterocycles. The molecule has 0 aromatic heterocycles. The van der Waals surface area contributed by atoms with Gasteiger partial charge in [0, 0.05) is 33.4 Å². The van der Waals surface area contributed by atoms with Crippen molar-refractivity contribution in [3.8, 4) is 0 Å². The Kier molecular flexibility index (Phi) is 10.9. The Labute approximate surface area is 106 Å². The summed E-state index contributed by atoms with van der Waals surface area (Å²) >= 11 is 0. The van der Waals surface area contributed by atoms with Crippen molar-refractivity contribution >= 4 is 0 Å². The van der Waals surface area contributed by atoms with Crippen LogP contribution in [-0.2, 0) is 9.47 Å². The van der Waals surface area contributed by atoms with Crippen molar-refractivity contribution < 1.29 is 14.6 Å². The first-order valence-corrected chi connectivity index (χ1v) is 6.61. The average molecular weight is 247 g/mol. The van der Waals surface area contributed by atoms with Gasteiger partial charge < -0.3 is 14.6 Å². The fourth-order valence-corrected chi connectivity index (χ4v) is 2.12. The third-order valence-corrected chi connectivity index (χ3v) is 3.08. The predicted octanol–water partition coefficient (Wildman–Crippen LogP) is 1.52. The van der Waals surface area contributed by atoms with Crippen molar-refractivity contribution in [1.82, 2.24) is 4.90 Å². The average Bonchev–Trinajstić information content (AvgIpc) is 2.33. The Bertz CT molecular complexity index is 159. The minimum absolute atomic E-state index is 0.209. The quantitative estimate of drug-likeness (QED) is 0.601. The molecule has 0 fully saturated rings. The van der Waals surface area contributed by atoms with E-state index in [1.54, 1.807) is 14.2 Å². The summed E-state index contributed by atoms with van der Waals surface area (Å²) in [5.41, 5.74) is 0. The third kappa shape index (κ3) is 6.99. The summed E-state index contributed by atoms with van der Waals surface area (Å²) < 4.78 is 10.2. The molecule has 0 aromatic rings. The molecule has 0 bridgehead atoms. The number of rotatable bonds is 11. The van der Waals surface area contributed by atoms with Crippen LogP contribution < -0.4 is 0 Å². The first kappa shape index (κ1) is 16.8. The minimum Gasteiger partial charge on any atom is -0.391 e. The van der Waals surface area contributed by atoms with Gasteiger partial charge in [-0.05, 0) is 12.8 Å². The smallest absolute Gasteiger partial charge is 0.0695 e. The number of aliphatic hydroxyl groups is 1. The van der Waals surface area contributed by atoms with Gasteiger partial charge in [-0.3, -0.25) is 4.90 Å². The van der Waals surface area contributed by atoms with Gasteiger partial charge in [-0.15, -0.1) is 0 Å². The van der Waals surface area contributed by atoms with Crippen LogP contribution in [0.25, 0.3) is 0 Å². The predicted molar refractivity (Wildman–Crippen MR) is 70.3 cm³/mol. The van der Waals surface area contributed by atoms with Crippen LogP contribution in [0.5, 0.6) is 0 Å². The van der Waals surface area contributed by atoms with Gasteiger partial charge in [0.1, 0.15) is 0 Å². The first-order valence-electron chi connectivity index (χ1n) is 6.61. The highest BCUT2D eigenvalue weighted by Gasteiger charge is 2.23. The fourth-order valence-electron chi connectivity index (χ4n) is 2.12. The minimum atomic E-state index is -0.251. The normalized spacial score (nSPS) is 15.2. The van der Waals surface area contributed by atoms with E-state index in [1.165, 1.54) is 0 Å². The lowest BCUT2D eigenvalue weighted by Gasteiger charge is -2.34. The molecule has 0 aliphatic carbocycles. The van der Waals surface area contributed by atoms with Crippen molar-refractivity contribution in [3.63, 3.8) is 0 Å². The van der Waals surface area contributed by atoms with Gasteiger partial charge in [0.25, 0.3) is 0 Å². The molecule has 4 heteroatoms. The topological polar surface area (TPSA) is 41.9 Å². The zero-order valence-electron chi connectivity index (χ0n) is 11.8. The van der Waals surface area contributed by atoms with E-state index in [1.807, 2.05) is 0 Å². The summed E-state index contributed by atoms with van der Waals surface area (Å²) in [4.78, 5) is 2.27. The van der Waals surface area contributed by atoms with Gasteiger partial charge in [-0.2, -0.15) is 0 Å². The van der Waals surface area contributed by atoms with Crippen molar-refractivity contribution in [3.05, 3.63) is 0 Å². The Hall–Kier alpha value is -0.160. The standard InChI is InChI=1S/C13H29NO3/c1-5-7-13(15)12(6-2)14(8-10-16-3)9-11-17-4/h12-13,15H,5-11H2,1-4H3. The van der Waals surface area contributed by atoms with Crippen LogP contribution in [0.15, 0.2) is 0 Å². The molecule has 0 spiro atoms. The molecule has 0 rings (SSSR count). The summed E-state index contributed by atoms with van der Waals surface area (Å²) in [6.45, 7) is 7.30. The van der Waals surface area contributed by atoms with E-state index >= 15 is 0 Å². The summed E-state index contributed by atoms with van der Waals surface area (Å²) in [6, 6.07) is 0.209. The third-order valence-electron chi connectivity index (χ3n) is 3.08. The van der Waals surface area contributed by atoms with Crippen molar-refractivity contribution in [1.29, 1.82) is 0 Å². The van der Waals surface area contributed by atoms with E-state index in [4.69, 9.17) is 9.47 Å². The summed E-state index contributed by atoms with van der Waals surface area (Å²) in [5.74, 6) is 0. The van der Waals surface area contributed by atoms with Crippen LogP contribution in [0.4, 0.5) is 0 Å².